The van der Waals surface area contributed by atoms with Crippen LogP contribution in [0, 0.1) is 6.92 Å². The van der Waals surface area contributed by atoms with Crippen molar-refractivity contribution in [1.29, 1.82) is 0 Å². The first-order valence-electron chi connectivity index (χ1n) is 10.0. The van der Waals surface area contributed by atoms with Gasteiger partial charge >= 0.3 is 0 Å². The molecular weight excluding hydrogens is 366 g/mol. The monoisotopic (exact) mass is 391 g/mol. The summed E-state index contributed by atoms with van der Waals surface area (Å²) < 4.78 is 11.1. The number of carbonyl (C=O) groups is 1. The number of carbonyl (C=O) groups excluding carboxylic acids is 1. The maximum absolute atomic E-state index is 13.4. The second kappa shape index (κ2) is 7.84. The fraction of sp³-hybridized carbons (Fsp3) is 0.333. The number of benzene rings is 2. The van der Waals surface area contributed by atoms with Crippen molar-refractivity contribution in [2.45, 2.75) is 32.7 Å². The first kappa shape index (κ1) is 19.4. The maximum atomic E-state index is 13.4. The zero-order valence-electron chi connectivity index (χ0n) is 17.0. The lowest BCUT2D eigenvalue weighted by atomic mass is 9.97. The van der Waals surface area contributed by atoms with Gasteiger partial charge in [-0.3, -0.25) is 9.59 Å². The number of amides is 1. The molecule has 0 unspecified atom stereocenters. The molecule has 1 amide bonds. The maximum Gasteiger partial charge on any atom is 0.290 e. The normalized spacial score (nSPS) is 15.9. The molecule has 0 N–H and O–H groups in total. The van der Waals surface area contributed by atoms with Crippen molar-refractivity contribution in [1.82, 2.24) is 4.90 Å². The second-order valence-corrected chi connectivity index (χ2v) is 7.52. The van der Waals surface area contributed by atoms with Gasteiger partial charge in [0, 0.05) is 20.3 Å². The summed E-state index contributed by atoms with van der Waals surface area (Å²) >= 11 is 0. The molecule has 0 saturated carbocycles. The predicted molar refractivity (Wildman–Crippen MR) is 112 cm³/mol. The van der Waals surface area contributed by atoms with Gasteiger partial charge in [-0.1, -0.05) is 42.8 Å². The average Bonchev–Trinajstić information content (AvgIpc) is 3.01. The first-order chi connectivity index (χ1) is 14.0. The number of fused-ring (bicyclic) bond motifs is 2. The molecule has 3 aromatic rings. The Morgan fingerprint density at radius 1 is 1.10 bits per heavy atom. The molecule has 1 aliphatic heterocycles. The van der Waals surface area contributed by atoms with Crippen molar-refractivity contribution in [2.75, 3.05) is 20.3 Å². The molecule has 1 atom stereocenters. The fourth-order valence-electron chi connectivity index (χ4n) is 4.03. The Hall–Kier alpha value is -2.92. The quantitative estimate of drug-likeness (QED) is 0.590. The average molecular weight is 391 g/mol. The van der Waals surface area contributed by atoms with E-state index >= 15 is 0 Å². The topological polar surface area (TPSA) is 59.8 Å². The minimum absolute atomic E-state index is 0.128. The molecule has 0 saturated heterocycles. The molecule has 0 radical (unpaired) electrons. The smallest absolute Gasteiger partial charge is 0.290 e. The van der Waals surface area contributed by atoms with Crippen LogP contribution in [-0.4, -0.2) is 31.1 Å². The third-order valence-electron chi connectivity index (χ3n) is 5.57. The molecule has 2 aromatic carbocycles. The van der Waals surface area contributed by atoms with Crippen molar-refractivity contribution >= 4 is 16.9 Å². The van der Waals surface area contributed by atoms with Gasteiger partial charge in [0.25, 0.3) is 5.91 Å². The largest absolute Gasteiger partial charge is 0.450 e. The molecule has 1 aromatic heterocycles. The van der Waals surface area contributed by atoms with Crippen LogP contribution in [0.3, 0.4) is 0 Å². The van der Waals surface area contributed by atoms with Gasteiger partial charge < -0.3 is 14.1 Å². The summed E-state index contributed by atoms with van der Waals surface area (Å²) in [6, 6.07) is 13.2. The number of hydrogen-bond acceptors (Lipinski definition) is 4. The Morgan fingerprint density at radius 2 is 1.86 bits per heavy atom. The molecule has 5 nitrogen and oxygen atoms in total. The van der Waals surface area contributed by atoms with E-state index in [1.807, 2.05) is 31.2 Å². The zero-order chi connectivity index (χ0) is 20.5. The minimum Gasteiger partial charge on any atom is -0.450 e. The van der Waals surface area contributed by atoms with Gasteiger partial charge in [0.2, 0.25) is 5.76 Å². The summed E-state index contributed by atoms with van der Waals surface area (Å²) in [6.07, 6.45) is 1.62. The van der Waals surface area contributed by atoms with Crippen molar-refractivity contribution in [2.24, 2.45) is 0 Å². The lowest BCUT2D eigenvalue weighted by molar-refractivity contribution is 0.0708. The van der Waals surface area contributed by atoms with Gasteiger partial charge in [-0.15, -0.1) is 0 Å². The van der Waals surface area contributed by atoms with Crippen LogP contribution in [0.25, 0.3) is 11.0 Å². The molecular formula is C24H25NO4. The van der Waals surface area contributed by atoms with E-state index in [2.05, 4.69) is 19.1 Å². The molecule has 4 rings (SSSR count). The van der Waals surface area contributed by atoms with Crippen LogP contribution in [0.1, 0.15) is 52.2 Å². The lowest BCUT2D eigenvalue weighted by Crippen LogP contribution is -2.31. The summed E-state index contributed by atoms with van der Waals surface area (Å²) in [5.41, 5.74) is 3.88. The number of nitrogens with zero attached hydrogens (tertiary/aromatic N) is 1. The molecule has 0 fully saturated rings. The SMILES string of the molecule is CCc1ccc([C@@H]2c3c(oc4ccc(C)cc4c3=O)C(=O)N2CCCOC)cc1. The Kier molecular flexibility index (Phi) is 5.24. The van der Waals surface area contributed by atoms with E-state index in [9.17, 15) is 9.59 Å². The van der Waals surface area contributed by atoms with Crippen molar-refractivity contribution in [3.05, 3.63) is 80.7 Å². The highest BCUT2D eigenvalue weighted by molar-refractivity contribution is 5.99. The number of aryl methyl sites for hydroxylation is 2. The van der Waals surface area contributed by atoms with Crippen LogP contribution in [0.2, 0.25) is 0 Å². The van der Waals surface area contributed by atoms with E-state index in [0.29, 0.717) is 36.1 Å². The fourth-order valence-corrected chi connectivity index (χ4v) is 4.03. The summed E-state index contributed by atoms with van der Waals surface area (Å²) in [6.45, 7) is 5.08. The lowest BCUT2D eigenvalue weighted by Gasteiger charge is -2.25. The van der Waals surface area contributed by atoms with Crippen LogP contribution in [0.4, 0.5) is 0 Å². The van der Waals surface area contributed by atoms with Crippen LogP contribution in [-0.2, 0) is 11.2 Å². The highest BCUT2D eigenvalue weighted by atomic mass is 16.5. The van der Waals surface area contributed by atoms with Crippen LogP contribution >= 0.6 is 0 Å². The number of rotatable bonds is 6. The van der Waals surface area contributed by atoms with E-state index in [-0.39, 0.29) is 17.1 Å². The predicted octanol–water partition coefficient (Wildman–Crippen LogP) is 4.25. The molecule has 0 bridgehead atoms. The standard InChI is InChI=1S/C24H25NO4/c1-4-16-7-9-17(10-8-16)21-20-22(26)18-14-15(2)6-11-19(18)29-23(20)24(27)25(21)12-5-13-28-3/h6-11,14,21H,4-5,12-13H2,1-3H3/t21-/m1/s1. The minimum atomic E-state index is -0.443. The van der Waals surface area contributed by atoms with E-state index in [4.69, 9.17) is 9.15 Å². The van der Waals surface area contributed by atoms with Crippen molar-refractivity contribution in [3.63, 3.8) is 0 Å². The van der Waals surface area contributed by atoms with Crippen LogP contribution < -0.4 is 5.43 Å². The summed E-state index contributed by atoms with van der Waals surface area (Å²) in [5.74, 6) is -0.0754. The van der Waals surface area contributed by atoms with Gasteiger partial charge in [-0.05, 0) is 43.0 Å². The molecule has 0 aliphatic carbocycles. The molecule has 2 heterocycles. The summed E-state index contributed by atoms with van der Waals surface area (Å²) in [5, 5.41) is 0.519. The van der Waals surface area contributed by atoms with Gasteiger partial charge in [-0.25, -0.2) is 0 Å². The van der Waals surface area contributed by atoms with Crippen LogP contribution in [0.15, 0.2) is 51.7 Å². The van der Waals surface area contributed by atoms with E-state index in [1.54, 1.807) is 18.1 Å². The van der Waals surface area contributed by atoms with Gasteiger partial charge in [0.15, 0.2) is 5.43 Å². The second-order valence-electron chi connectivity index (χ2n) is 7.52. The van der Waals surface area contributed by atoms with Crippen molar-refractivity contribution in [3.8, 4) is 0 Å². The van der Waals surface area contributed by atoms with E-state index in [0.717, 1.165) is 17.5 Å². The molecule has 0 spiro atoms. The Bertz CT molecular complexity index is 1110. The Labute approximate surface area is 169 Å². The molecule has 29 heavy (non-hydrogen) atoms. The Balaban J connectivity index is 1.90. The zero-order valence-corrected chi connectivity index (χ0v) is 17.0. The summed E-state index contributed by atoms with van der Waals surface area (Å²) in [7, 11) is 1.64. The molecule has 5 heteroatoms. The van der Waals surface area contributed by atoms with Crippen LogP contribution in [0.5, 0.6) is 0 Å². The third kappa shape index (κ3) is 3.36. The van der Waals surface area contributed by atoms with E-state index < -0.39 is 6.04 Å². The Morgan fingerprint density at radius 3 is 2.55 bits per heavy atom. The number of methoxy groups -OCH3 is 1. The van der Waals surface area contributed by atoms with Gasteiger partial charge in [0.1, 0.15) is 5.58 Å². The van der Waals surface area contributed by atoms with Gasteiger partial charge in [0.05, 0.1) is 17.0 Å². The third-order valence-corrected chi connectivity index (χ3v) is 5.57. The highest BCUT2D eigenvalue weighted by Gasteiger charge is 2.42. The van der Waals surface area contributed by atoms with Crippen molar-refractivity contribution < 1.29 is 13.9 Å². The molecule has 150 valence electrons. The number of hydrogen-bond donors (Lipinski definition) is 0. The highest BCUT2D eigenvalue weighted by Crippen LogP contribution is 2.38. The van der Waals surface area contributed by atoms with E-state index in [1.165, 1.54) is 5.56 Å². The summed E-state index contributed by atoms with van der Waals surface area (Å²) in [4.78, 5) is 28.4. The number of ether oxygens (including phenoxy) is 1. The van der Waals surface area contributed by atoms with Gasteiger partial charge in [-0.2, -0.15) is 0 Å². The molecule has 1 aliphatic rings. The first-order valence-corrected chi connectivity index (χ1v) is 10.0.